The van der Waals surface area contributed by atoms with Crippen molar-refractivity contribution in [2.75, 3.05) is 7.05 Å². The molecule has 20 heavy (non-hydrogen) atoms. The molecule has 0 saturated heterocycles. The Hall–Kier alpha value is -0.650. The summed E-state index contributed by atoms with van der Waals surface area (Å²) in [5.74, 6) is 0. The minimum atomic E-state index is 0.279. The Kier molecular flexibility index (Phi) is 5.41. The lowest BCUT2D eigenvalue weighted by Gasteiger charge is -2.18. The SMILES string of the molecule is CCn1nc(C)c(Br)c1CC(NC)c1ccc(Br)cc1. The van der Waals surface area contributed by atoms with Crippen LogP contribution in [-0.4, -0.2) is 16.8 Å². The van der Waals surface area contributed by atoms with Crippen LogP contribution in [0.4, 0.5) is 0 Å². The topological polar surface area (TPSA) is 29.9 Å². The van der Waals surface area contributed by atoms with E-state index in [1.165, 1.54) is 11.3 Å². The van der Waals surface area contributed by atoms with E-state index in [0.717, 1.165) is 27.6 Å². The van der Waals surface area contributed by atoms with Gasteiger partial charge in [0.25, 0.3) is 0 Å². The molecule has 0 amide bonds. The van der Waals surface area contributed by atoms with Crippen LogP contribution in [0.2, 0.25) is 0 Å². The van der Waals surface area contributed by atoms with E-state index in [-0.39, 0.29) is 6.04 Å². The number of benzene rings is 1. The van der Waals surface area contributed by atoms with Gasteiger partial charge in [0.2, 0.25) is 0 Å². The summed E-state index contributed by atoms with van der Waals surface area (Å²) in [6, 6.07) is 8.74. The molecule has 2 aromatic rings. The van der Waals surface area contributed by atoms with Crippen molar-refractivity contribution in [3.63, 3.8) is 0 Å². The van der Waals surface area contributed by atoms with E-state index in [9.17, 15) is 0 Å². The monoisotopic (exact) mass is 399 g/mol. The van der Waals surface area contributed by atoms with Crippen LogP contribution in [0.3, 0.4) is 0 Å². The second kappa shape index (κ2) is 6.87. The fourth-order valence-corrected chi connectivity index (χ4v) is 3.05. The third-order valence-corrected chi connectivity index (χ3v) is 5.03. The minimum absolute atomic E-state index is 0.279. The lowest BCUT2D eigenvalue weighted by molar-refractivity contribution is 0.540. The molecule has 3 nitrogen and oxygen atoms in total. The Balaban J connectivity index is 2.28. The van der Waals surface area contributed by atoms with Gasteiger partial charge in [-0.1, -0.05) is 28.1 Å². The molecule has 1 aromatic carbocycles. The molecule has 5 heteroatoms. The van der Waals surface area contributed by atoms with Gasteiger partial charge < -0.3 is 5.32 Å². The van der Waals surface area contributed by atoms with Crippen LogP contribution in [0.25, 0.3) is 0 Å². The molecule has 1 aromatic heterocycles. The zero-order valence-electron chi connectivity index (χ0n) is 12.0. The van der Waals surface area contributed by atoms with Gasteiger partial charge >= 0.3 is 0 Å². The molecule has 1 N–H and O–H groups in total. The highest BCUT2D eigenvalue weighted by molar-refractivity contribution is 9.10. The van der Waals surface area contributed by atoms with Gasteiger partial charge in [0, 0.05) is 23.5 Å². The zero-order chi connectivity index (χ0) is 14.7. The van der Waals surface area contributed by atoms with Crippen molar-refractivity contribution in [2.24, 2.45) is 0 Å². The first-order valence-corrected chi connectivity index (χ1v) is 8.30. The molecule has 0 saturated carbocycles. The Bertz CT molecular complexity index is 576. The number of rotatable bonds is 5. The van der Waals surface area contributed by atoms with Crippen LogP contribution in [0.1, 0.15) is 29.9 Å². The highest BCUT2D eigenvalue weighted by Crippen LogP contribution is 2.27. The van der Waals surface area contributed by atoms with Gasteiger partial charge in [-0.05, 0) is 54.5 Å². The molecule has 0 fully saturated rings. The number of aromatic nitrogens is 2. The highest BCUT2D eigenvalue weighted by Gasteiger charge is 2.17. The Labute approximate surface area is 137 Å². The summed E-state index contributed by atoms with van der Waals surface area (Å²) in [6.07, 6.45) is 0.910. The summed E-state index contributed by atoms with van der Waals surface area (Å²) in [5.41, 5.74) is 3.57. The number of likely N-dealkylation sites (N-methyl/N-ethyl adjacent to an activating group) is 1. The second-order valence-corrected chi connectivity index (χ2v) is 6.47. The summed E-state index contributed by atoms with van der Waals surface area (Å²) in [5, 5.41) is 7.96. The van der Waals surface area contributed by atoms with Crippen LogP contribution in [-0.2, 0) is 13.0 Å². The molecule has 1 heterocycles. The molecule has 0 aliphatic heterocycles. The summed E-state index contributed by atoms with van der Waals surface area (Å²) < 4.78 is 4.30. The van der Waals surface area contributed by atoms with Crippen molar-refractivity contribution in [3.05, 3.63) is 50.2 Å². The van der Waals surface area contributed by atoms with Crippen molar-refractivity contribution < 1.29 is 0 Å². The number of aryl methyl sites for hydroxylation is 2. The molecule has 1 atom stereocenters. The van der Waals surface area contributed by atoms with E-state index in [1.54, 1.807) is 0 Å². The summed E-state index contributed by atoms with van der Waals surface area (Å²) in [4.78, 5) is 0. The number of halogens is 2. The molecule has 0 radical (unpaired) electrons. The maximum Gasteiger partial charge on any atom is 0.0738 e. The first-order valence-electron chi connectivity index (χ1n) is 6.71. The third kappa shape index (κ3) is 3.32. The van der Waals surface area contributed by atoms with Crippen LogP contribution in [0.5, 0.6) is 0 Å². The predicted molar refractivity (Wildman–Crippen MR) is 90.0 cm³/mol. The highest BCUT2D eigenvalue weighted by atomic mass is 79.9. The predicted octanol–water partition coefficient (Wildman–Crippen LogP) is 4.24. The quantitative estimate of drug-likeness (QED) is 0.813. The summed E-state index contributed by atoms with van der Waals surface area (Å²) >= 11 is 7.14. The van der Waals surface area contributed by atoms with Gasteiger partial charge in [0.1, 0.15) is 0 Å². The van der Waals surface area contributed by atoms with Crippen LogP contribution < -0.4 is 5.32 Å². The first-order chi connectivity index (χ1) is 9.56. The molecular formula is C15H19Br2N3. The van der Waals surface area contributed by atoms with Gasteiger partial charge in [0.05, 0.1) is 15.9 Å². The van der Waals surface area contributed by atoms with Crippen LogP contribution in [0.15, 0.2) is 33.2 Å². The Morgan fingerprint density at radius 2 is 1.90 bits per heavy atom. The fraction of sp³-hybridized carbons (Fsp3) is 0.400. The van der Waals surface area contributed by atoms with E-state index in [0.29, 0.717) is 0 Å². The van der Waals surface area contributed by atoms with E-state index in [1.807, 2.05) is 14.0 Å². The van der Waals surface area contributed by atoms with E-state index >= 15 is 0 Å². The second-order valence-electron chi connectivity index (χ2n) is 4.76. The summed E-state index contributed by atoms with van der Waals surface area (Å²) in [6.45, 7) is 5.04. The van der Waals surface area contributed by atoms with E-state index in [4.69, 9.17) is 0 Å². The Morgan fingerprint density at radius 1 is 1.25 bits per heavy atom. The van der Waals surface area contributed by atoms with E-state index < -0.39 is 0 Å². The third-order valence-electron chi connectivity index (χ3n) is 3.47. The number of hydrogen-bond acceptors (Lipinski definition) is 2. The molecule has 1 unspecified atom stereocenters. The van der Waals surface area contributed by atoms with Crippen molar-refractivity contribution in [1.29, 1.82) is 0 Å². The summed E-state index contributed by atoms with van der Waals surface area (Å²) in [7, 11) is 2.00. The smallest absolute Gasteiger partial charge is 0.0738 e. The van der Waals surface area contributed by atoms with Gasteiger partial charge in [-0.2, -0.15) is 5.10 Å². The zero-order valence-corrected chi connectivity index (χ0v) is 15.1. The normalized spacial score (nSPS) is 12.7. The average molecular weight is 401 g/mol. The fourth-order valence-electron chi connectivity index (χ4n) is 2.34. The van der Waals surface area contributed by atoms with Gasteiger partial charge in [0.15, 0.2) is 0 Å². The van der Waals surface area contributed by atoms with Crippen molar-refractivity contribution >= 4 is 31.9 Å². The van der Waals surface area contributed by atoms with E-state index in [2.05, 4.69) is 78.1 Å². The van der Waals surface area contributed by atoms with Crippen molar-refractivity contribution in [1.82, 2.24) is 15.1 Å². The molecule has 0 aliphatic rings. The molecule has 2 rings (SSSR count). The van der Waals surface area contributed by atoms with Gasteiger partial charge in [-0.15, -0.1) is 0 Å². The lowest BCUT2D eigenvalue weighted by Crippen LogP contribution is -2.20. The molecule has 0 bridgehead atoms. The Morgan fingerprint density at radius 3 is 2.45 bits per heavy atom. The minimum Gasteiger partial charge on any atom is -0.313 e. The number of nitrogens with zero attached hydrogens (tertiary/aromatic N) is 2. The van der Waals surface area contributed by atoms with Crippen molar-refractivity contribution in [3.8, 4) is 0 Å². The maximum atomic E-state index is 4.56. The average Bonchev–Trinajstić information content (AvgIpc) is 2.73. The molecular weight excluding hydrogens is 382 g/mol. The molecule has 0 spiro atoms. The molecule has 0 aliphatic carbocycles. The van der Waals surface area contributed by atoms with Crippen LogP contribution >= 0.6 is 31.9 Å². The lowest BCUT2D eigenvalue weighted by atomic mass is 10.0. The maximum absolute atomic E-state index is 4.56. The largest absolute Gasteiger partial charge is 0.313 e. The van der Waals surface area contributed by atoms with Crippen LogP contribution in [0, 0.1) is 6.92 Å². The van der Waals surface area contributed by atoms with Gasteiger partial charge in [-0.3, -0.25) is 4.68 Å². The standard InChI is InChI=1S/C15H19Br2N3/c1-4-20-14(15(17)10(2)19-20)9-13(18-3)11-5-7-12(16)8-6-11/h5-8,13,18H,4,9H2,1-3H3. The first kappa shape index (κ1) is 15.7. The number of hydrogen-bond donors (Lipinski definition) is 1. The van der Waals surface area contributed by atoms with Crippen molar-refractivity contribution in [2.45, 2.75) is 32.9 Å². The molecule has 108 valence electrons. The van der Waals surface area contributed by atoms with Gasteiger partial charge in [-0.25, -0.2) is 0 Å². The number of nitrogens with one attached hydrogen (secondary N) is 1.